The molecule has 3 N–H and O–H groups in total. The number of nitrogens with two attached hydrogens (primary N) is 1. The summed E-state index contributed by atoms with van der Waals surface area (Å²) in [7, 11) is 0. The maximum Gasteiger partial charge on any atom is 0.412 e. The zero-order valence-corrected chi connectivity index (χ0v) is 9.26. The van der Waals surface area contributed by atoms with Gasteiger partial charge in [0.1, 0.15) is 6.04 Å². The highest BCUT2D eigenvalue weighted by Gasteiger charge is 2.18. The predicted octanol–water partition coefficient (Wildman–Crippen LogP) is 0.953. The van der Waals surface area contributed by atoms with Gasteiger partial charge in [0, 0.05) is 6.42 Å². The molecule has 0 aliphatic heterocycles. The van der Waals surface area contributed by atoms with E-state index in [9.17, 15) is 9.59 Å². The molecule has 1 aromatic carbocycles. The first-order valence-electron chi connectivity index (χ1n) is 5.04. The van der Waals surface area contributed by atoms with Crippen molar-refractivity contribution in [1.29, 1.82) is 0 Å². The lowest BCUT2D eigenvalue weighted by molar-refractivity contribution is -0.119. The van der Waals surface area contributed by atoms with Crippen molar-refractivity contribution in [2.75, 3.05) is 0 Å². The van der Waals surface area contributed by atoms with Crippen molar-refractivity contribution in [2.24, 2.45) is 5.73 Å². The Hall–Kier alpha value is -2.30. The summed E-state index contributed by atoms with van der Waals surface area (Å²) in [4.78, 5) is 22.3. The van der Waals surface area contributed by atoms with Crippen LogP contribution in [0.5, 0.6) is 0 Å². The third kappa shape index (κ3) is 4.38. The van der Waals surface area contributed by atoms with E-state index in [-0.39, 0.29) is 0 Å². The number of hydrogen-bond acceptors (Lipinski definition) is 3. The monoisotopic (exact) mass is 234 g/mol. The van der Waals surface area contributed by atoms with E-state index in [0.717, 1.165) is 11.8 Å². The van der Waals surface area contributed by atoms with Gasteiger partial charge in [0.15, 0.2) is 0 Å². The van der Waals surface area contributed by atoms with Crippen molar-refractivity contribution in [3.05, 3.63) is 48.7 Å². The fraction of sp³-hybridized carbons (Fsp3) is 0.167. The minimum Gasteiger partial charge on any atom is -0.419 e. The number of primary amides is 1. The quantitative estimate of drug-likeness (QED) is 0.744. The fourth-order valence-electron chi connectivity index (χ4n) is 1.32. The summed E-state index contributed by atoms with van der Waals surface area (Å²) in [5.41, 5.74) is 6.09. The molecule has 0 bridgehead atoms. The van der Waals surface area contributed by atoms with Crippen LogP contribution in [0.3, 0.4) is 0 Å². The second kappa shape index (κ2) is 6.32. The number of rotatable bonds is 5. The third-order valence-electron chi connectivity index (χ3n) is 2.11. The first-order chi connectivity index (χ1) is 8.13. The van der Waals surface area contributed by atoms with Crippen LogP contribution >= 0.6 is 0 Å². The molecule has 1 aromatic rings. The highest BCUT2D eigenvalue weighted by Crippen LogP contribution is 2.03. The Morgan fingerprint density at radius 2 is 2.06 bits per heavy atom. The van der Waals surface area contributed by atoms with Crippen molar-refractivity contribution in [1.82, 2.24) is 5.32 Å². The molecule has 0 unspecified atom stereocenters. The van der Waals surface area contributed by atoms with Crippen molar-refractivity contribution < 1.29 is 14.3 Å². The number of amides is 2. The molecule has 0 saturated heterocycles. The van der Waals surface area contributed by atoms with Crippen LogP contribution in [0.4, 0.5) is 4.79 Å². The van der Waals surface area contributed by atoms with Crippen LogP contribution in [0.25, 0.3) is 0 Å². The maximum atomic E-state index is 11.2. The van der Waals surface area contributed by atoms with Gasteiger partial charge in [0.25, 0.3) is 0 Å². The van der Waals surface area contributed by atoms with E-state index in [0.29, 0.717) is 6.42 Å². The van der Waals surface area contributed by atoms with Gasteiger partial charge in [-0.1, -0.05) is 36.9 Å². The molecular weight excluding hydrogens is 220 g/mol. The van der Waals surface area contributed by atoms with E-state index in [2.05, 4.69) is 16.6 Å². The number of carbonyl (C=O) groups is 2. The number of nitrogens with one attached hydrogen (secondary N) is 1. The van der Waals surface area contributed by atoms with Gasteiger partial charge in [-0.25, -0.2) is 4.79 Å². The van der Waals surface area contributed by atoms with Crippen molar-refractivity contribution in [2.45, 2.75) is 12.5 Å². The summed E-state index contributed by atoms with van der Waals surface area (Å²) >= 11 is 0. The minimum atomic E-state index is -0.801. The SMILES string of the molecule is C=COC(=O)N[C@@H](Cc1ccccc1)C(N)=O. The molecule has 17 heavy (non-hydrogen) atoms. The number of ether oxygens (including phenoxy) is 1. The van der Waals surface area contributed by atoms with Crippen molar-refractivity contribution >= 4 is 12.0 Å². The molecule has 5 nitrogen and oxygen atoms in total. The summed E-state index contributed by atoms with van der Waals surface area (Å²) in [5, 5.41) is 2.36. The Kier molecular flexibility index (Phi) is 4.75. The van der Waals surface area contributed by atoms with E-state index >= 15 is 0 Å². The normalized spacial score (nSPS) is 11.3. The lowest BCUT2D eigenvalue weighted by Crippen LogP contribution is -2.45. The molecule has 0 spiro atoms. The lowest BCUT2D eigenvalue weighted by Gasteiger charge is -2.14. The van der Waals surface area contributed by atoms with E-state index in [1.807, 2.05) is 30.3 Å². The van der Waals surface area contributed by atoms with Crippen LogP contribution in [0.15, 0.2) is 43.2 Å². The maximum absolute atomic E-state index is 11.2. The molecule has 5 heteroatoms. The van der Waals surface area contributed by atoms with Gasteiger partial charge in [-0.2, -0.15) is 0 Å². The van der Waals surface area contributed by atoms with Gasteiger partial charge in [-0.05, 0) is 5.56 Å². The Morgan fingerprint density at radius 3 is 2.59 bits per heavy atom. The molecule has 1 atom stereocenters. The number of benzene rings is 1. The predicted molar refractivity (Wildman–Crippen MR) is 62.9 cm³/mol. The molecule has 0 fully saturated rings. The molecule has 2 amide bonds. The molecule has 0 aliphatic rings. The van der Waals surface area contributed by atoms with Crippen LogP contribution < -0.4 is 11.1 Å². The van der Waals surface area contributed by atoms with Gasteiger partial charge in [-0.15, -0.1) is 0 Å². The van der Waals surface area contributed by atoms with E-state index in [1.54, 1.807) is 0 Å². The number of carbonyl (C=O) groups excluding carboxylic acids is 2. The summed E-state index contributed by atoms with van der Waals surface area (Å²) < 4.78 is 4.47. The average Bonchev–Trinajstić information content (AvgIpc) is 2.29. The smallest absolute Gasteiger partial charge is 0.412 e. The molecule has 0 aromatic heterocycles. The Labute approximate surface area is 99.3 Å². The molecule has 0 radical (unpaired) electrons. The first-order valence-corrected chi connectivity index (χ1v) is 5.04. The summed E-state index contributed by atoms with van der Waals surface area (Å²) in [5.74, 6) is -0.616. The van der Waals surface area contributed by atoms with E-state index < -0.39 is 18.0 Å². The van der Waals surface area contributed by atoms with Crippen LogP contribution in [0.1, 0.15) is 5.56 Å². The molecule has 0 heterocycles. The molecular formula is C12H14N2O3. The lowest BCUT2D eigenvalue weighted by atomic mass is 10.1. The minimum absolute atomic E-state index is 0.322. The molecule has 0 saturated carbocycles. The average molecular weight is 234 g/mol. The summed E-state index contributed by atoms with van der Waals surface area (Å²) in [6.45, 7) is 3.24. The fourth-order valence-corrected chi connectivity index (χ4v) is 1.32. The molecule has 1 rings (SSSR count). The second-order valence-electron chi connectivity index (χ2n) is 3.36. The standard InChI is InChI=1S/C12H14N2O3/c1-2-17-12(16)14-10(11(13)15)8-9-6-4-3-5-7-9/h2-7,10H,1,8H2,(H2,13,15)(H,14,16)/t10-/m0/s1. The highest BCUT2D eigenvalue weighted by atomic mass is 16.5. The van der Waals surface area contributed by atoms with Crippen LogP contribution in [-0.2, 0) is 16.0 Å². The zero-order valence-electron chi connectivity index (χ0n) is 9.26. The van der Waals surface area contributed by atoms with Crippen molar-refractivity contribution in [3.8, 4) is 0 Å². The molecule has 0 aliphatic carbocycles. The van der Waals surface area contributed by atoms with Gasteiger partial charge >= 0.3 is 6.09 Å². The zero-order chi connectivity index (χ0) is 12.7. The Bertz CT molecular complexity index is 403. The highest BCUT2D eigenvalue weighted by molar-refractivity contribution is 5.84. The van der Waals surface area contributed by atoms with E-state index in [1.165, 1.54) is 0 Å². The van der Waals surface area contributed by atoms with Crippen LogP contribution in [0, 0.1) is 0 Å². The van der Waals surface area contributed by atoms with Gasteiger partial charge in [0.2, 0.25) is 5.91 Å². The summed E-state index contributed by atoms with van der Waals surface area (Å²) in [6, 6.07) is 8.44. The number of hydrogen-bond donors (Lipinski definition) is 2. The van der Waals surface area contributed by atoms with E-state index in [4.69, 9.17) is 5.73 Å². The second-order valence-corrected chi connectivity index (χ2v) is 3.36. The van der Waals surface area contributed by atoms with Crippen LogP contribution in [-0.4, -0.2) is 18.0 Å². The van der Waals surface area contributed by atoms with Gasteiger partial charge in [0.05, 0.1) is 6.26 Å². The van der Waals surface area contributed by atoms with Crippen LogP contribution in [0.2, 0.25) is 0 Å². The number of alkyl carbamates (subject to hydrolysis) is 1. The van der Waals surface area contributed by atoms with Crippen molar-refractivity contribution in [3.63, 3.8) is 0 Å². The third-order valence-corrected chi connectivity index (χ3v) is 2.11. The largest absolute Gasteiger partial charge is 0.419 e. The first kappa shape index (κ1) is 12.8. The Balaban J connectivity index is 2.64. The topological polar surface area (TPSA) is 81.4 Å². The van der Waals surface area contributed by atoms with Gasteiger partial charge in [-0.3, -0.25) is 4.79 Å². The summed E-state index contributed by atoms with van der Waals surface area (Å²) in [6.07, 6.45) is 0.554. The van der Waals surface area contributed by atoms with Gasteiger partial charge < -0.3 is 15.8 Å². The molecule has 90 valence electrons. The Morgan fingerprint density at radius 1 is 1.41 bits per heavy atom.